The minimum Gasteiger partial charge on any atom is -0.309 e. The molecule has 0 spiro atoms. The molecule has 0 aliphatic carbocycles. The molecule has 5 nitrogen and oxygen atoms in total. The molecule has 0 radical (unpaired) electrons. The predicted octanol–water partition coefficient (Wildman–Crippen LogP) is 2.17. The monoisotopic (exact) mass is 248 g/mol. The number of rotatable bonds is 0. The van der Waals surface area contributed by atoms with Gasteiger partial charge in [-0.3, -0.25) is 4.79 Å². The number of nitrogens with one attached hydrogen (secondary N) is 1. The van der Waals surface area contributed by atoms with E-state index in [1.54, 1.807) is 10.9 Å². The Hall–Kier alpha value is -1.65. The van der Waals surface area contributed by atoms with Gasteiger partial charge in [0.25, 0.3) is 5.56 Å². The van der Waals surface area contributed by atoms with Gasteiger partial charge < -0.3 is 4.98 Å². The van der Waals surface area contributed by atoms with E-state index in [1.807, 2.05) is 41.5 Å². The number of aromatic nitrogens is 4. The van der Waals surface area contributed by atoms with E-state index in [0.29, 0.717) is 16.9 Å². The van der Waals surface area contributed by atoms with Crippen molar-refractivity contribution in [1.29, 1.82) is 0 Å². The summed E-state index contributed by atoms with van der Waals surface area (Å²) in [5, 5.41) is 4.82. The fourth-order valence-corrected chi connectivity index (χ4v) is 1.76. The van der Waals surface area contributed by atoms with Crippen LogP contribution in [0.1, 0.15) is 47.4 Å². The van der Waals surface area contributed by atoms with E-state index in [9.17, 15) is 4.79 Å². The number of fused-ring (bicyclic) bond motifs is 1. The van der Waals surface area contributed by atoms with Gasteiger partial charge in [-0.1, -0.05) is 20.8 Å². The first-order valence-corrected chi connectivity index (χ1v) is 6.10. The molecule has 0 atom stereocenters. The van der Waals surface area contributed by atoms with Gasteiger partial charge in [-0.25, -0.2) is 9.67 Å². The molecule has 5 heteroatoms. The second-order valence-corrected chi connectivity index (χ2v) is 6.63. The van der Waals surface area contributed by atoms with Crippen molar-refractivity contribution in [3.8, 4) is 0 Å². The zero-order chi connectivity index (χ0) is 13.7. The van der Waals surface area contributed by atoms with Gasteiger partial charge in [-0.15, -0.1) is 0 Å². The molecule has 0 unspecified atom stereocenters. The summed E-state index contributed by atoms with van der Waals surface area (Å²) in [5.74, 6) is 0.686. The van der Waals surface area contributed by atoms with Crippen molar-refractivity contribution >= 4 is 11.0 Å². The number of H-pyrrole nitrogens is 1. The third kappa shape index (κ3) is 2.05. The Labute approximate surface area is 106 Å². The molecule has 2 aromatic rings. The fourth-order valence-electron chi connectivity index (χ4n) is 1.76. The van der Waals surface area contributed by atoms with Crippen LogP contribution in [-0.4, -0.2) is 19.7 Å². The molecule has 0 aromatic carbocycles. The first-order valence-electron chi connectivity index (χ1n) is 6.10. The summed E-state index contributed by atoms with van der Waals surface area (Å²) < 4.78 is 1.80. The van der Waals surface area contributed by atoms with E-state index >= 15 is 0 Å². The van der Waals surface area contributed by atoms with Gasteiger partial charge in [0.2, 0.25) is 0 Å². The maximum absolute atomic E-state index is 12.0. The van der Waals surface area contributed by atoms with Crippen molar-refractivity contribution in [2.24, 2.45) is 0 Å². The topological polar surface area (TPSA) is 63.6 Å². The summed E-state index contributed by atoms with van der Waals surface area (Å²) >= 11 is 0. The van der Waals surface area contributed by atoms with Gasteiger partial charge >= 0.3 is 0 Å². The molecule has 2 heterocycles. The molecule has 0 fully saturated rings. The largest absolute Gasteiger partial charge is 0.309 e. The van der Waals surface area contributed by atoms with E-state index in [0.717, 1.165) is 0 Å². The predicted molar refractivity (Wildman–Crippen MR) is 71.8 cm³/mol. The van der Waals surface area contributed by atoms with Gasteiger partial charge in [0, 0.05) is 5.41 Å². The van der Waals surface area contributed by atoms with Crippen molar-refractivity contribution in [2.75, 3.05) is 0 Å². The number of hydrogen-bond donors (Lipinski definition) is 1. The first kappa shape index (κ1) is 12.8. The summed E-state index contributed by atoms with van der Waals surface area (Å²) in [6.45, 7) is 12.2. The smallest absolute Gasteiger partial charge is 0.262 e. The zero-order valence-electron chi connectivity index (χ0n) is 11.8. The van der Waals surface area contributed by atoms with E-state index in [-0.39, 0.29) is 16.5 Å². The molecule has 0 aliphatic heterocycles. The van der Waals surface area contributed by atoms with Crippen LogP contribution in [0.4, 0.5) is 0 Å². The van der Waals surface area contributed by atoms with Crippen LogP contribution in [0.5, 0.6) is 0 Å². The highest BCUT2D eigenvalue weighted by molar-refractivity contribution is 5.73. The minimum atomic E-state index is -0.197. The van der Waals surface area contributed by atoms with Gasteiger partial charge in [0.1, 0.15) is 11.2 Å². The third-order valence-corrected chi connectivity index (χ3v) is 2.78. The normalized spacial score (nSPS) is 13.2. The standard InChI is InChI=1S/C13H20N4O/c1-12(2,3)11-15-9-8(10(18)16-11)7-14-17(9)13(4,5)6/h7H,1-6H3,(H,15,16,18). The Morgan fingerprint density at radius 1 is 1.17 bits per heavy atom. The van der Waals surface area contributed by atoms with Crippen LogP contribution in [0.3, 0.4) is 0 Å². The van der Waals surface area contributed by atoms with E-state index in [4.69, 9.17) is 0 Å². The Morgan fingerprint density at radius 2 is 1.78 bits per heavy atom. The van der Waals surface area contributed by atoms with Crippen molar-refractivity contribution in [1.82, 2.24) is 19.7 Å². The molecule has 1 N–H and O–H groups in total. The molecular weight excluding hydrogens is 228 g/mol. The molecule has 18 heavy (non-hydrogen) atoms. The average molecular weight is 248 g/mol. The Bertz CT molecular complexity index is 638. The molecule has 2 rings (SSSR count). The summed E-state index contributed by atoms with van der Waals surface area (Å²) in [5.41, 5.74) is 0.134. The second-order valence-electron chi connectivity index (χ2n) is 6.63. The molecule has 98 valence electrons. The van der Waals surface area contributed by atoms with Gasteiger partial charge in [-0.05, 0) is 20.8 Å². The van der Waals surface area contributed by atoms with Crippen LogP contribution < -0.4 is 5.56 Å². The quantitative estimate of drug-likeness (QED) is 0.777. The van der Waals surface area contributed by atoms with E-state index < -0.39 is 0 Å². The molecule has 0 bridgehead atoms. The lowest BCUT2D eigenvalue weighted by Crippen LogP contribution is -2.26. The Balaban J connectivity index is 2.81. The Kier molecular flexibility index (Phi) is 2.61. The highest BCUT2D eigenvalue weighted by Gasteiger charge is 2.23. The Morgan fingerprint density at radius 3 is 2.28 bits per heavy atom. The second kappa shape index (κ2) is 3.67. The summed E-state index contributed by atoms with van der Waals surface area (Å²) in [4.78, 5) is 19.5. The molecule has 0 amide bonds. The highest BCUT2D eigenvalue weighted by Crippen LogP contribution is 2.21. The van der Waals surface area contributed by atoms with Gasteiger partial charge in [-0.2, -0.15) is 5.10 Å². The maximum atomic E-state index is 12.0. The third-order valence-electron chi connectivity index (χ3n) is 2.78. The lowest BCUT2D eigenvalue weighted by atomic mass is 9.96. The van der Waals surface area contributed by atoms with Crippen LogP contribution in [0, 0.1) is 0 Å². The summed E-state index contributed by atoms with van der Waals surface area (Å²) in [6, 6.07) is 0. The number of hydrogen-bond acceptors (Lipinski definition) is 3. The summed E-state index contributed by atoms with van der Waals surface area (Å²) in [7, 11) is 0. The van der Waals surface area contributed by atoms with E-state index in [1.165, 1.54) is 0 Å². The van der Waals surface area contributed by atoms with Crippen molar-refractivity contribution in [3.63, 3.8) is 0 Å². The highest BCUT2D eigenvalue weighted by atomic mass is 16.1. The van der Waals surface area contributed by atoms with Crippen LogP contribution >= 0.6 is 0 Å². The minimum absolute atomic E-state index is 0.125. The van der Waals surface area contributed by atoms with Crippen LogP contribution in [0.25, 0.3) is 11.0 Å². The van der Waals surface area contributed by atoms with Crippen molar-refractivity contribution in [3.05, 3.63) is 22.4 Å². The fraction of sp³-hybridized carbons (Fsp3) is 0.615. The molecule has 0 saturated heterocycles. The van der Waals surface area contributed by atoms with Crippen LogP contribution in [0.2, 0.25) is 0 Å². The molecule has 0 aliphatic rings. The molecular formula is C13H20N4O. The van der Waals surface area contributed by atoms with Crippen LogP contribution in [-0.2, 0) is 11.0 Å². The number of nitrogens with zero attached hydrogens (tertiary/aromatic N) is 3. The van der Waals surface area contributed by atoms with Crippen LogP contribution in [0.15, 0.2) is 11.0 Å². The number of aromatic amines is 1. The molecule has 2 aromatic heterocycles. The SMILES string of the molecule is CC(C)(C)c1nc2c(cnn2C(C)(C)C)c(=O)[nH]1. The van der Waals surface area contributed by atoms with Crippen molar-refractivity contribution < 1.29 is 0 Å². The first-order chi connectivity index (χ1) is 8.10. The van der Waals surface area contributed by atoms with Gasteiger partial charge in [0.15, 0.2) is 5.65 Å². The maximum Gasteiger partial charge on any atom is 0.262 e. The van der Waals surface area contributed by atoms with E-state index in [2.05, 4.69) is 15.1 Å². The van der Waals surface area contributed by atoms with Crippen molar-refractivity contribution in [2.45, 2.75) is 52.5 Å². The lowest BCUT2D eigenvalue weighted by molar-refractivity contribution is 0.365. The summed E-state index contributed by atoms with van der Waals surface area (Å²) in [6.07, 6.45) is 1.58. The zero-order valence-corrected chi connectivity index (χ0v) is 11.8. The lowest BCUT2D eigenvalue weighted by Gasteiger charge is -2.21. The molecule has 0 saturated carbocycles. The average Bonchev–Trinajstić information content (AvgIpc) is 2.59. The van der Waals surface area contributed by atoms with Gasteiger partial charge in [0.05, 0.1) is 11.7 Å².